The Labute approximate surface area is 272 Å². The second-order valence-electron chi connectivity index (χ2n) is 15.2. The van der Waals surface area contributed by atoms with E-state index in [2.05, 4.69) is 84.1 Å². The lowest BCUT2D eigenvalue weighted by Crippen LogP contribution is -2.70. The maximum absolute atomic E-state index is 9.76. The van der Waals surface area contributed by atoms with Crippen LogP contribution in [0.2, 0.25) is 18.1 Å². The van der Waals surface area contributed by atoms with E-state index >= 15 is 0 Å². The number of hydrogen-bond acceptors (Lipinski definition) is 7. The molecule has 5 rings (SSSR count). The van der Waals surface area contributed by atoms with Crippen molar-refractivity contribution < 1.29 is 33.2 Å². The molecule has 8 atom stereocenters. The molecule has 0 spiro atoms. The quantitative estimate of drug-likeness (QED) is 0.133. The third-order valence-corrected chi connectivity index (χ3v) is 15.1. The lowest BCUT2D eigenvalue weighted by atomic mass is 9.74. The molecule has 2 aromatic rings. The molecule has 1 N–H and O–H groups in total. The van der Waals surface area contributed by atoms with Crippen LogP contribution in [0.1, 0.15) is 77.8 Å². The van der Waals surface area contributed by atoms with Crippen LogP contribution in [0.25, 0.3) is 0 Å². The molecule has 0 aromatic heterocycles. The Morgan fingerprint density at radius 2 is 1.51 bits per heavy atom. The van der Waals surface area contributed by atoms with Crippen molar-refractivity contribution in [3.05, 3.63) is 71.8 Å². The van der Waals surface area contributed by atoms with Crippen molar-refractivity contribution in [1.29, 1.82) is 0 Å². The second-order valence-corrected chi connectivity index (χ2v) is 20.0. The Morgan fingerprint density at radius 1 is 0.867 bits per heavy atom. The van der Waals surface area contributed by atoms with Crippen LogP contribution >= 0.6 is 0 Å². The average molecular weight is 641 g/mol. The number of aliphatic hydroxyl groups excluding tert-OH is 1. The summed E-state index contributed by atoms with van der Waals surface area (Å²) < 4.78 is 40.0. The maximum Gasteiger partial charge on any atom is 0.192 e. The van der Waals surface area contributed by atoms with E-state index in [9.17, 15) is 5.11 Å². The molecule has 3 aliphatic heterocycles. The topological polar surface area (TPSA) is 78.9 Å². The highest BCUT2D eigenvalue weighted by atomic mass is 28.4. The molecule has 3 saturated heterocycles. The molecule has 0 unspecified atom stereocenters. The lowest BCUT2D eigenvalue weighted by molar-refractivity contribution is -0.333. The predicted molar refractivity (Wildman–Crippen MR) is 179 cm³/mol. The molecule has 3 fully saturated rings. The van der Waals surface area contributed by atoms with Gasteiger partial charge in [-0.1, -0.05) is 81.4 Å². The molecule has 0 amide bonds. The molecule has 0 aliphatic carbocycles. The fourth-order valence-electron chi connectivity index (χ4n) is 6.70. The molecule has 0 radical (unpaired) electrons. The monoisotopic (exact) mass is 640 g/mol. The zero-order chi connectivity index (χ0) is 32.3. The van der Waals surface area contributed by atoms with Crippen LogP contribution in [0.15, 0.2) is 60.7 Å². The molecule has 8 heteroatoms. The molecule has 0 saturated carbocycles. The SMILES string of the molecule is CC(C)(C)[Si](C)(C)O[C@H]1C[C@H]2O[C@@H](CCCOCc3ccccc3)C[C@H](OCc3ccccc3)[C@]2(C)O[C@]1(C)C[C@@H]1O[C@H]1CO. The minimum Gasteiger partial charge on any atom is -0.411 e. The fourth-order valence-corrected chi connectivity index (χ4v) is 8.11. The van der Waals surface area contributed by atoms with Gasteiger partial charge in [-0.05, 0) is 55.9 Å². The molecular formula is C37H56O7Si. The van der Waals surface area contributed by atoms with Gasteiger partial charge in [-0.3, -0.25) is 0 Å². The highest BCUT2D eigenvalue weighted by Gasteiger charge is 2.62. The summed E-state index contributed by atoms with van der Waals surface area (Å²) in [6, 6.07) is 20.7. The first-order valence-electron chi connectivity index (χ1n) is 16.9. The minimum atomic E-state index is -2.14. The van der Waals surface area contributed by atoms with Crippen LogP contribution in [0, 0.1) is 0 Å². The van der Waals surface area contributed by atoms with E-state index in [4.69, 9.17) is 28.1 Å². The first kappa shape index (κ1) is 34.7. The highest BCUT2D eigenvalue weighted by molar-refractivity contribution is 6.74. The normalized spacial score (nSPS) is 33.5. The van der Waals surface area contributed by atoms with E-state index in [0.717, 1.165) is 31.2 Å². The standard InChI is InChI=1S/C37H56O7Si/c1-35(2,3)45(6,7)43-32-22-34-37(5,44-36(32,4)23-30-31(24-38)42-30)33(40-26-28-17-12-9-13-18-28)21-29(41-34)19-14-20-39-25-27-15-10-8-11-16-27/h8-13,15-18,29-34,38H,14,19-26H2,1-7H3/t29-,30-,31-,32-,33-,34+,36+,37-/m0/s1. The minimum absolute atomic E-state index is 0.0249. The Bertz CT molecular complexity index is 1200. The number of ether oxygens (including phenoxy) is 5. The largest absolute Gasteiger partial charge is 0.411 e. The number of epoxide rings is 1. The van der Waals surface area contributed by atoms with Gasteiger partial charge in [0.1, 0.15) is 11.7 Å². The van der Waals surface area contributed by atoms with Gasteiger partial charge in [0.05, 0.1) is 55.9 Å². The van der Waals surface area contributed by atoms with E-state index in [1.807, 2.05) is 24.3 Å². The number of hydrogen-bond donors (Lipinski definition) is 1. The van der Waals surface area contributed by atoms with Gasteiger partial charge in [0.2, 0.25) is 0 Å². The first-order valence-corrected chi connectivity index (χ1v) is 19.8. The predicted octanol–water partition coefficient (Wildman–Crippen LogP) is 7.20. The van der Waals surface area contributed by atoms with Gasteiger partial charge < -0.3 is 33.2 Å². The van der Waals surface area contributed by atoms with Gasteiger partial charge in [0, 0.05) is 25.9 Å². The van der Waals surface area contributed by atoms with Crippen molar-refractivity contribution in [2.24, 2.45) is 0 Å². The summed E-state index contributed by atoms with van der Waals surface area (Å²) in [7, 11) is -2.14. The Morgan fingerprint density at radius 3 is 2.11 bits per heavy atom. The van der Waals surface area contributed by atoms with Gasteiger partial charge in [-0.2, -0.15) is 0 Å². The fraction of sp³-hybridized carbons (Fsp3) is 0.676. The Balaban J connectivity index is 1.33. The molecular weight excluding hydrogens is 584 g/mol. The summed E-state index contributed by atoms with van der Waals surface area (Å²) in [4.78, 5) is 0. The summed E-state index contributed by atoms with van der Waals surface area (Å²) in [6.07, 6.45) is 3.30. The number of aliphatic hydroxyl groups is 1. The smallest absolute Gasteiger partial charge is 0.192 e. The summed E-state index contributed by atoms with van der Waals surface area (Å²) >= 11 is 0. The zero-order valence-corrected chi connectivity index (χ0v) is 29.5. The van der Waals surface area contributed by atoms with Crippen LogP contribution in [-0.2, 0) is 41.3 Å². The zero-order valence-electron chi connectivity index (χ0n) is 28.5. The second kappa shape index (κ2) is 14.2. The summed E-state index contributed by atoms with van der Waals surface area (Å²) in [5.41, 5.74) is 1.05. The molecule has 45 heavy (non-hydrogen) atoms. The summed E-state index contributed by atoms with van der Waals surface area (Å²) in [5.74, 6) is 0. The van der Waals surface area contributed by atoms with E-state index in [1.165, 1.54) is 5.56 Å². The summed E-state index contributed by atoms with van der Waals surface area (Å²) in [6.45, 7) is 17.6. The van der Waals surface area contributed by atoms with Gasteiger partial charge in [0.15, 0.2) is 8.32 Å². The maximum atomic E-state index is 9.76. The number of rotatable bonds is 14. The first-order chi connectivity index (χ1) is 21.3. The van der Waals surface area contributed by atoms with Gasteiger partial charge in [-0.15, -0.1) is 0 Å². The van der Waals surface area contributed by atoms with E-state index in [0.29, 0.717) is 26.2 Å². The van der Waals surface area contributed by atoms with E-state index in [1.54, 1.807) is 0 Å². The van der Waals surface area contributed by atoms with Gasteiger partial charge in [-0.25, -0.2) is 0 Å². The van der Waals surface area contributed by atoms with Crippen molar-refractivity contribution in [2.45, 2.75) is 146 Å². The Kier molecular flexibility index (Phi) is 11.0. The van der Waals surface area contributed by atoms with E-state index in [-0.39, 0.29) is 48.3 Å². The lowest BCUT2D eigenvalue weighted by Gasteiger charge is -2.59. The summed E-state index contributed by atoms with van der Waals surface area (Å²) in [5, 5.41) is 9.81. The molecule has 250 valence electrons. The molecule has 3 heterocycles. The average Bonchev–Trinajstić information content (AvgIpc) is 3.74. The molecule has 7 nitrogen and oxygen atoms in total. The van der Waals surface area contributed by atoms with Crippen LogP contribution < -0.4 is 0 Å². The molecule has 3 aliphatic rings. The third kappa shape index (κ3) is 8.46. The van der Waals surface area contributed by atoms with Gasteiger partial charge >= 0.3 is 0 Å². The molecule has 2 aromatic carbocycles. The van der Waals surface area contributed by atoms with Crippen LogP contribution in [0.5, 0.6) is 0 Å². The Hall–Kier alpha value is -1.62. The number of fused-ring (bicyclic) bond motifs is 1. The van der Waals surface area contributed by atoms with Gasteiger partial charge in [0.25, 0.3) is 0 Å². The van der Waals surface area contributed by atoms with E-state index < -0.39 is 19.5 Å². The van der Waals surface area contributed by atoms with Crippen molar-refractivity contribution in [3.63, 3.8) is 0 Å². The van der Waals surface area contributed by atoms with Crippen molar-refractivity contribution in [3.8, 4) is 0 Å². The molecule has 0 bridgehead atoms. The van der Waals surface area contributed by atoms with Crippen molar-refractivity contribution in [1.82, 2.24) is 0 Å². The van der Waals surface area contributed by atoms with Crippen LogP contribution in [0.3, 0.4) is 0 Å². The van der Waals surface area contributed by atoms with Crippen LogP contribution in [0.4, 0.5) is 0 Å². The van der Waals surface area contributed by atoms with Crippen molar-refractivity contribution >= 4 is 8.32 Å². The number of benzene rings is 2. The van der Waals surface area contributed by atoms with Crippen molar-refractivity contribution in [2.75, 3.05) is 13.2 Å². The van der Waals surface area contributed by atoms with Crippen LogP contribution in [-0.4, -0.2) is 74.5 Å². The third-order valence-electron chi connectivity index (χ3n) is 10.6. The highest BCUT2D eigenvalue weighted by Crippen LogP contribution is 2.51.